The Morgan fingerprint density at radius 1 is 1.19 bits per heavy atom. The second-order valence-electron chi connectivity index (χ2n) is 8.10. The van der Waals surface area contributed by atoms with Crippen LogP contribution in [0.2, 0.25) is 0 Å². The summed E-state index contributed by atoms with van der Waals surface area (Å²) < 4.78 is 0. The molecule has 0 aromatic rings. The first kappa shape index (κ1) is 20.6. The number of rotatable bonds is 7. The van der Waals surface area contributed by atoms with Crippen LogP contribution in [-0.2, 0) is 14.4 Å². The Morgan fingerprint density at radius 3 is 2.35 bits per heavy atom. The van der Waals surface area contributed by atoms with E-state index in [9.17, 15) is 14.4 Å². The Bertz CT molecular complexity index is 600. The molecule has 0 aromatic heterocycles. The van der Waals surface area contributed by atoms with Gasteiger partial charge in [-0.2, -0.15) is 0 Å². The van der Waals surface area contributed by atoms with Gasteiger partial charge >= 0.3 is 0 Å². The summed E-state index contributed by atoms with van der Waals surface area (Å²) in [4.78, 5) is 40.5. The van der Waals surface area contributed by atoms with Crippen LogP contribution >= 0.6 is 0 Å². The van der Waals surface area contributed by atoms with E-state index in [-0.39, 0.29) is 24.2 Å². The van der Waals surface area contributed by atoms with E-state index in [1.807, 2.05) is 38.1 Å². The molecule has 0 bridgehead atoms. The number of Topliss-reactive ketones (excluding diaryl/α,β-unsaturated/α-hetero) is 1. The molecule has 26 heavy (non-hydrogen) atoms. The summed E-state index contributed by atoms with van der Waals surface area (Å²) in [7, 11) is 3.76. The van der Waals surface area contributed by atoms with E-state index in [2.05, 4.69) is 6.92 Å². The van der Waals surface area contributed by atoms with Crippen LogP contribution in [-0.4, -0.2) is 54.1 Å². The topological polar surface area (TPSA) is 57.7 Å². The number of amides is 2. The Kier molecular flexibility index (Phi) is 6.93. The first-order valence-electron chi connectivity index (χ1n) is 9.64. The molecule has 1 unspecified atom stereocenters. The van der Waals surface area contributed by atoms with Crippen LogP contribution in [0.4, 0.5) is 0 Å². The minimum atomic E-state index is -0.780. The minimum Gasteiger partial charge on any atom is -0.296 e. The fourth-order valence-electron chi connectivity index (χ4n) is 4.07. The van der Waals surface area contributed by atoms with Gasteiger partial charge in [0.05, 0.1) is 6.54 Å². The lowest BCUT2D eigenvalue weighted by Crippen LogP contribution is -2.60. The standard InChI is InChI=1S/C21H32N2O3/c1-16-10-12-18(13-11-16)21(2,22(3)4)20(26)23(15-24)14-19(25)17-8-6-5-7-9-17/h6,8-9,15-16,18H,5,7,10-14H2,1-4H3. The third-order valence-corrected chi connectivity index (χ3v) is 6.19. The van der Waals surface area contributed by atoms with E-state index >= 15 is 0 Å². The van der Waals surface area contributed by atoms with Gasteiger partial charge < -0.3 is 0 Å². The minimum absolute atomic E-state index is 0.181. The van der Waals surface area contributed by atoms with Crippen LogP contribution in [0.25, 0.3) is 0 Å². The molecule has 2 rings (SSSR count). The van der Waals surface area contributed by atoms with E-state index in [0.717, 1.165) is 43.4 Å². The number of hydrogen-bond acceptors (Lipinski definition) is 4. The molecular weight excluding hydrogens is 328 g/mol. The van der Waals surface area contributed by atoms with Gasteiger partial charge in [0.2, 0.25) is 12.3 Å². The number of hydrogen-bond donors (Lipinski definition) is 0. The summed E-state index contributed by atoms with van der Waals surface area (Å²) in [5, 5.41) is 0. The van der Waals surface area contributed by atoms with E-state index in [4.69, 9.17) is 0 Å². The molecule has 0 heterocycles. The van der Waals surface area contributed by atoms with Crippen LogP contribution in [0.1, 0.15) is 52.4 Å². The van der Waals surface area contributed by atoms with Crippen LogP contribution < -0.4 is 0 Å². The Balaban J connectivity index is 2.17. The summed E-state index contributed by atoms with van der Waals surface area (Å²) in [5.74, 6) is 0.416. The smallest absolute Gasteiger partial charge is 0.249 e. The molecule has 0 aliphatic heterocycles. The van der Waals surface area contributed by atoms with Crippen molar-refractivity contribution in [3.8, 4) is 0 Å². The first-order chi connectivity index (χ1) is 12.3. The highest BCUT2D eigenvalue weighted by molar-refractivity contribution is 6.04. The van der Waals surface area contributed by atoms with Crippen molar-refractivity contribution in [3.05, 3.63) is 23.8 Å². The van der Waals surface area contributed by atoms with Crippen molar-refractivity contribution in [2.45, 2.75) is 57.9 Å². The van der Waals surface area contributed by atoms with Crippen LogP contribution in [0.3, 0.4) is 0 Å². The van der Waals surface area contributed by atoms with Crippen molar-refractivity contribution >= 4 is 18.1 Å². The predicted octanol–water partition coefficient (Wildman–Crippen LogP) is 2.96. The maximum absolute atomic E-state index is 13.3. The molecule has 0 spiro atoms. The average molecular weight is 360 g/mol. The summed E-state index contributed by atoms with van der Waals surface area (Å²) in [6.07, 6.45) is 12.0. The van der Waals surface area contributed by atoms with E-state index < -0.39 is 5.54 Å². The molecule has 2 amide bonds. The third-order valence-electron chi connectivity index (χ3n) is 6.19. The highest BCUT2D eigenvalue weighted by Gasteiger charge is 2.46. The molecule has 1 atom stereocenters. The van der Waals surface area contributed by atoms with Gasteiger partial charge in [-0.25, -0.2) is 0 Å². The van der Waals surface area contributed by atoms with Gasteiger partial charge in [-0.3, -0.25) is 24.2 Å². The molecule has 0 N–H and O–H groups in total. The molecule has 5 heteroatoms. The van der Waals surface area contributed by atoms with E-state index in [0.29, 0.717) is 17.9 Å². The summed E-state index contributed by atoms with van der Waals surface area (Å²) in [6, 6.07) is 0. The molecule has 1 fully saturated rings. The molecule has 0 saturated heterocycles. The normalized spacial score (nSPS) is 25.3. The number of carbonyl (C=O) groups excluding carboxylic acids is 3. The van der Waals surface area contributed by atoms with Crippen molar-refractivity contribution in [1.82, 2.24) is 9.80 Å². The Hall–Kier alpha value is -1.75. The molecule has 0 aromatic carbocycles. The lowest BCUT2D eigenvalue weighted by atomic mass is 9.71. The zero-order valence-corrected chi connectivity index (χ0v) is 16.5. The molecule has 5 nitrogen and oxygen atoms in total. The van der Waals surface area contributed by atoms with Crippen molar-refractivity contribution in [2.75, 3.05) is 20.6 Å². The number of allylic oxidation sites excluding steroid dienone is 3. The molecule has 2 aliphatic rings. The molecule has 1 saturated carbocycles. The van der Waals surface area contributed by atoms with E-state index in [1.54, 1.807) is 6.08 Å². The van der Waals surface area contributed by atoms with Gasteiger partial charge in [0.15, 0.2) is 5.78 Å². The lowest BCUT2D eigenvalue weighted by molar-refractivity contribution is -0.152. The number of carbonyl (C=O) groups is 3. The van der Waals surface area contributed by atoms with Crippen LogP contribution in [0.5, 0.6) is 0 Å². The number of ketones is 1. The largest absolute Gasteiger partial charge is 0.296 e. The summed E-state index contributed by atoms with van der Waals surface area (Å²) in [5.41, 5.74) is -0.188. The van der Waals surface area contributed by atoms with Gasteiger partial charge in [0, 0.05) is 5.57 Å². The van der Waals surface area contributed by atoms with Gasteiger partial charge in [-0.05, 0) is 58.5 Å². The molecule has 2 aliphatic carbocycles. The highest BCUT2D eigenvalue weighted by atomic mass is 16.2. The fourth-order valence-corrected chi connectivity index (χ4v) is 4.07. The van der Waals surface area contributed by atoms with E-state index in [1.165, 1.54) is 0 Å². The second kappa shape index (κ2) is 8.76. The monoisotopic (exact) mass is 360 g/mol. The number of likely N-dealkylation sites (N-methyl/N-ethyl adjacent to an activating group) is 1. The van der Waals surface area contributed by atoms with Crippen LogP contribution in [0, 0.1) is 11.8 Å². The summed E-state index contributed by atoms with van der Waals surface area (Å²) >= 11 is 0. The summed E-state index contributed by atoms with van der Waals surface area (Å²) in [6.45, 7) is 3.97. The maximum atomic E-state index is 13.3. The first-order valence-corrected chi connectivity index (χ1v) is 9.64. The highest BCUT2D eigenvalue weighted by Crippen LogP contribution is 2.38. The zero-order valence-electron chi connectivity index (χ0n) is 16.5. The second-order valence-corrected chi connectivity index (χ2v) is 8.10. The fraction of sp³-hybridized carbons (Fsp3) is 0.667. The number of imide groups is 1. The van der Waals surface area contributed by atoms with Crippen molar-refractivity contribution in [2.24, 2.45) is 11.8 Å². The number of nitrogens with zero attached hydrogens (tertiary/aromatic N) is 2. The van der Waals surface area contributed by atoms with Gasteiger partial charge in [-0.15, -0.1) is 0 Å². The van der Waals surface area contributed by atoms with Crippen molar-refractivity contribution in [3.63, 3.8) is 0 Å². The third kappa shape index (κ3) is 4.32. The van der Waals surface area contributed by atoms with Gasteiger partial charge in [0.1, 0.15) is 5.54 Å². The van der Waals surface area contributed by atoms with Crippen molar-refractivity contribution in [1.29, 1.82) is 0 Å². The molecule has 0 radical (unpaired) electrons. The quantitative estimate of drug-likeness (QED) is 0.655. The predicted molar refractivity (Wildman–Crippen MR) is 102 cm³/mol. The van der Waals surface area contributed by atoms with Gasteiger partial charge in [-0.1, -0.05) is 38.0 Å². The SMILES string of the molecule is CC1CCC(C(C)(C(=O)N(C=O)CC(=O)C2=CCCC=C2)N(C)C)CC1. The Labute approximate surface area is 157 Å². The lowest BCUT2D eigenvalue weighted by Gasteiger charge is -2.45. The van der Waals surface area contributed by atoms with Crippen LogP contribution in [0.15, 0.2) is 23.8 Å². The Morgan fingerprint density at radius 2 is 1.85 bits per heavy atom. The maximum Gasteiger partial charge on any atom is 0.249 e. The molecular formula is C21H32N2O3. The average Bonchev–Trinajstić information content (AvgIpc) is 2.65. The van der Waals surface area contributed by atoms with Crippen molar-refractivity contribution < 1.29 is 14.4 Å². The van der Waals surface area contributed by atoms with Gasteiger partial charge in [0.25, 0.3) is 0 Å². The zero-order chi connectivity index (χ0) is 19.3. The molecule has 144 valence electrons.